The zero-order valence-corrected chi connectivity index (χ0v) is 14.3. The lowest BCUT2D eigenvalue weighted by atomic mass is 9.77. The van der Waals surface area contributed by atoms with E-state index in [2.05, 4.69) is 4.84 Å². The van der Waals surface area contributed by atoms with Crippen LogP contribution in [0, 0.1) is 11.3 Å². The third-order valence-corrected chi connectivity index (χ3v) is 5.99. The molecule has 1 rings (SSSR count). The van der Waals surface area contributed by atoms with E-state index in [1.807, 2.05) is 10.8 Å². The number of carbonyl (C=O) groups is 3. The van der Waals surface area contributed by atoms with Gasteiger partial charge in [-0.05, 0) is 5.92 Å². The number of sulfone groups is 1. The van der Waals surface area contributed by atoms with Crippen molar-refractivity contribution in [3.05, 3.63) is 11.3 Å². The largest absolute Gasteiger partial charge is 0.511 e. The van der Waals surface area contributed by atoms with Crippen LogP contribution in [0.15, 0.2) is 11.3 Å². The molecular weight excluding hydrogens is 344 g/mol. The molecule has 0 aromatic heterocycles. The zero-order valence-electron chi connectivity index (χ0n) is 13.5. The van der Waals surface area contributed by atoms with Crippen molar-refractivity contribution in [2.75, 3.05) is 25.2 Å². The molecule has 1 fully saturated rings. The Morgan fingerprint density at radius 2 is 1.83 bits per heavy atom. The fraction of sp³-hybridized carbons (Fsp3) is 0.615. The summed E-state index contributed by atoms with van der Waals surface area (Å²) in [5.74, 6) is -5.55. The summed E-state index contributed by atoms with van der Waals surface area (Å²) in [5.41, 5.74) is -0.292. The van der Waals surface area contributed by atoms with E-state index in [0.29, 0.717) is 0 Å². The van der Waals surface area contributed by atoms with Crippen molar-refractivity contribution in [3.8, 4) is 0 Å². The highest BCUT2D eigenvalue weighted by Crippen LogP contribution is 2.43. The minimum Gasteiger partial charge on any atom is -0.511 e. The normalized spacial score (nSPS) is 26.4. The van der Waals surface area contributed by atoms with Gasteiger partial charge >= 0.3 is 5.97 Å². The van der Waals surface area contributed by atoms with Crippen molar-refractivity contribution in [2.45, 2.75) is 13.8 Å². The van der Waals surface area contributed by atoms with E-state index in [4.69, 9.17) is 5.11 Å². The molecule has 4 N–H and O–H groups in total. The van der Waals surface area contributed by atoms with Crippen LogP contribution in [-0.4, -0.2) is 61.6 Å². The lowest BCUT2D eigenvalue weighted by Crippen LogP contribution is -2.40. The summed E-state index contributed by atoms with van der Waals surface area (Å²) in [4.78, 5) is 39.1. The third-order valence-electron chi connectivity index (χ3n) is 3.94. The smallest absolute Gasteiger partial charge is 0.322 e. The van der Waals surface area contributed by atoms with Crippen LogP contribution in [0.2, 0.25) is 0 Å². The van der Waals surface area contributed by atoms with E-state index in [0.717, 1.165) is 7.11 Å². The number of rotatable bonds is 6. The number of aliphatic carboxylic acids is 1. The maximum Gasteiger partial charge on any atom is 0.322 e. The Labute approximate surface area is 138 Å². The van der Waals surface area contributed by atoms with Gasteiger partial charge in [-0.1, -0.05) is 13.8 Å². The van der Waals surface area contributed by atoms with Gasteiger partial charge in [-0.25, -0.2) is 13.9 Å². The van der Waals surface area contributed by atoms with E-state index < -0.39 is 62.6 Å². The molecule has 0 aromatic carbocycles. The summed E-state index contributed by atoms with van der Waals surface area (Å²) in [6.45, 7) is 2.21. The highest BCUT2D eigenvalue weighted by Gasteiger charge is 2.50. The maximum absolute atomic E-state index is 12.1. The number of amides is 2. The van der Waals surface area contributed by atoms with Crippen LogP contribution in [0.1, 0.15) is 13.8 Å². The Kier molecular flexibility index (Phi) is 5.95. The minimum absolute atomic E-state index is 0.205. The summed E-state index contributed by atoms with van der Waals surface area (Å²) >= 11 is 0. The molecule has 10 nitrogen and oxygen atoms in total. The highest BCUT2D eigenvalue weighted by atomic mass is 32.2. The first-order valence-corrected chi connectivity index (χ1v) is 8.74. The molecular formula is C13H20N2O8S. The van der Waals surface area contributed by atoms with Gasteiger partial charge in [0.05, 0.1) is 18.6 Å². The lowest BCUT2D eigenvalue weighted by molar-refractivity contribution is -0.138. The summed E-state index contributed by atoms with van der Waals surface area (Å²) in [7, 11) is -2.35. The molecule has 0 spiro atoms. The number of carboxylic acids is 1. The predicted molar refractivity (Wildman–Crippen MR) is 81.4 cm³/mol. The van der Waals surface area contributed by atoms with Crippen molar-refractivity contribution >= 4 is 27.6 Å². The molecule has 1 saturated heterocycles. The van der Waals surface area contributed by atoms with E-state index in [1.54, 1.807) is 6.92 Å². The molecule has 1 unspecified atom stereocenters. The molecule has 0 aromatic rings. The van der Waals surface area contributed by atoms with E-state index in [1.165, 1.54) is 6.92 Å². The average molecular weight is 364 g/mol. The number of aliphatic hydroxyl groups excluding tert-OH is 1. The van der Waals surface area contributed by atoms with Crippen LogP contribution in [0.5, 0.6) is 0 Å². The van der Waals surface area contributed by atoms with Gasteiger partial charge in [-0.3, -0.25) is 19.2 Å². The Morgan fingerprint density at radius 1 is 1.25 bits per heavy atom. The number of carboxylic acid groups (broad SMARTS) is 1. The van der Waals surface area contributed by atoms with Crippen LogP contribution in [0.25, 0.3) is 0 Å². The van der Waals surface area contributed by atoms with E-state index in [9.17, 15) is 27.9 Å². The van der Waals surface area contributed by atoms with Crippen molar-refractivity contribution in [3.63, 3.8) is 0 Å². The number of allylic oxidation sites excluding steroid dienone is 1. The van der Waals surface area contributed by atoms with Crippen molar-refractivity contribution in [1.29, 1.82) is 0 Å². The molecule has 0 saturated carbocycles. The average Bonchev–Trinajstić information content (AvgIpc) is 2.66. The number of hydroxylamine groups is 1. The second-order valence-corrected chi connectivity index (χ2v) is 7.92. The Hall–Kier alpha value is -2.14. The SMILES string of the molecule is CONC(=O)/C(C(=O)NCC(=O)O)=C(/O)[C@@]1(C)CS(=O)(=O)CC1C. The van der Waals surface area contributed by atoms with Gasteiger partial charge < -0.3 is 15.5 Å². The lowest BCUT2D eigenvalue weighted by Gasteiger charge is -2.28. The molecule has 0 radical (unpaired) electrons. The quantitative estimate of drug-likeness (QED) is 0.149. The predicted octanol–water partition coefficient (Wildman–Crippen LogP) is -1.25. The number of hydrogen-bond acceptors (Lipinski definition) is 7. The Morgan fingerprint density at radius 3 is 2.25 bits per heavy atom. The number of carbonyl (C=O) groups excluding carboxylic acids is 2. The first kappa shape index (κ1) is 19.9. The monoisotopic (exact) mass is 364 g/mol. The van der Waals surface area contributed by atoms with Gasteiger partial charge in [0, 0.05) is 5.41 Å². The van der Waals surface area contributed by atoms with Gasteiger partial charge in [0.15, 0.2) is 9.84 Å². The first-order chi connectivity index (χ1) is 10.9. The van der Waals surface area contributed by atoms with Gasteiger partial charge in [0.2, 0.25) is 0 Å². The minimum atomic E-state index is -3.45. The second kappa shape index (κ2) is 7.18. The fourth-order valence-electron chi connectivity index (χ4n) is 2.52. The Bertz CT molecular complexity index is 684. The standard InChI is InChI=1S/C13H20N2O8S/c1-7-5-24(21,22)6-13(7,2)10(18)9(12(20)15-23-3)11(19)14-4-8(16)17/h7,18H,4-6H2,1-3H3,(H,14,19)(H,15,20)(H,16,17)/b10-9+/t7?,13-/m0/s1. The number of aliphatic hydroxyl groups is 1. The van der Waals surface area contributed by atoms with Crippen LogP contribution in [-0.2, 0) is 29.1 Å². The van der Waals surface area contributed by atoms with Crippen molar-refractivity contribution < 1.29 is 37.9 Å². The number of nitrogens with one attached hydrogen (secondary N) is 2. The van der Waals surface area contributed by atoms with Crippen LogP contribution < -0.4 is 10.8 Å². The topological polar surface area (TPSA) is 159 Å². The molecule has 2 amide bonds. The van der Waals surface area contributed by atoms with Gasteiger partial charge in [0.25, 0.3) is 11.8 Å². The van der Waals surface area contributed by atoms with Gasteiger partial charge in [0.1, 0.15) is 17.9 Å². The molecule has 0 aliphatic carbocycles. The van der Waals surface area contributed by atoms with Crippen LogP contribution >= 0.6 is 0 Å². The summed E-state index contributed by atoms with van der Waals surface area (Å²) in [6.07, 6.45) is 0. The molecule has 1 aliphatic rings. The van der Waals surface area contributed by atoms with Crippen LogP contribution in [0.3, 0.4) is 0 Å². The molecule has 1 aliphatic heterocycles. The Balaban J connectivity index is 3.34. The zero-order chi connectivity index (χ0) is 18.7. The van der Waals surface area contributed by atoms with Crippen molar-refractivity contribution in [1.82, 2.24) is 10.8 Å². The molecule has 136 valence electrons. The van der Waals surface area contributed by atoms with E-state index >= 15 is 0 Å². The molecule has 2 atom stereocenters. The number of hydrogen-bond donors (Lipinski definition) is 4. The molecule has 11 heteroatoms. The maximum atomic E-state index is 12.1. The van der Waals surface area contributed by atoms with E-state index in [-0.39, 0.29) is 5.75 Å². The second-order valence-electron chi connectivity index (χ2n) is 5.81. The molecule has 1 heterocycles. The van der Waals surface area contributed by atoms with Crippen LogP contribution in [0.4, 0.5) is 0 Å². The fourth-order valence-corrected chi connectivity index (χ4v) is 5.10. The third kappa shape index (κ3) is 4.23. The molecule has 24 heavy (non-hydrogen) atoms. The molecule has 0 bridgehead atoms. The van der Waals surface area contributed by atoms with Crippen molar-refractivity contribution in [2.24, 2.45) is 11.3 Å². The summed E-state index contributed by atoms with van der Waals surface area (Å²) < 4.78 is 23.7. The first-order valence-electron chi connectivity index (χ1n) is 6.92. The summed E-state index contributed by atoms with van der Waals surface area (Å²) in [6, 6.07) is 0. The van der Waals surface area contributed by atoms with Gasteiger partial charge in [-0.15, -0.1) is 0 Å². The summed E-state index contributed by atoms with van der Waals surface area (Å²) in [5, 5.41) is 21.1. The van der Waals surface area contributed by atoms with Gasteiger partial charge in [-0.2, -0.15) is 0 Å². The highest BCUT2D eigenvalue weighted by molar-refractivity contribution is 7.91.